The van der Waals surface area contributed by atoms with Crippen LogP contribution in [-0.2, 0) is 4.74 Å². The van der Waals surface area contributed by atoms with Crippen molar-refractivity contribution < 1.29 is 23.8 Å². The van der Waals surface area contributed by atoms with E-state index in [1.807, 2.05) is 26.8 Å². The number of phenolic OH excluding ortho intramolecular Hbond substituents is 1. The highest BCUT2D eigenvalue weighted by Crippen LogP contribution is 2.41. The number of amides is 1. The number of carbonyl (C=O) groups excluding carboxylic acids is 1. The Bertz CT molecular complexity index is 1230. The summed E-state index contributed by atoms with van der Waals surface area (Å²) in [4.78, 5) is 28.5. The number of benzene rings is 2. The van der Waals surface area contributed by atoms with Gasteiger partial charge in [0.1, 0.15) is 5.58 Å². The van der Waals surface area contributed by atoms with Gasteiger partial charge in [0.05, 0.1) is 30.2 Å². The van der Waals surface area contributed by atoms with Crippen LogP contribution < -0.4 is 10.2 Å². The number of hydrogen-bond acceptors (Lipinski definition) is 6. The Morgan fingerprint density at radius 2 is 1.94 bits per heavy atom. The molecule has 0 spiro atoms. The predicted octanol–water partition coefficient (Wildman–Crippen LogP) is 3.71. The van der Waals surface area contributed by atoms with Crippen LogP contribution >= 0.6 is 0 Å². The molecule has 0 saturated heterocycles. The fourth-order valence-corrected chi connectivity index (χ4v) is 4.21. The summed E-state index contributed by atoms with van der Waals surface area (Å²) in [6, 6.07) is 7.90. The van der Waals surface area contributed by atoms with Crippen LogP contribution in [0.25, 0.3) is 11.0 Å². The molecule has 2 heterocycles. The molecule has 4 rings (SSSR count). The van der Waals surface area contributed by atoms with Crippen LogP contribution in [0.15, 0.2) is 39.5 Å². The number of fused-ring (bicyclic) bond motifs is 2. The Morgan fingerprint density at radius 3 is 2.65 bits per heavy atom. The first-order valence-corrected chi connectivity index (χ1v) is 10.2. The normalized spacial score (nSPS) is 15.5. The minimum absolute atomic E-state index is 0.00427. The molecular weight excluding hydrogens is 398 g/mol. The van der Waals surface area contributed by atoms with E-state index in [9.17, 15) is 14.7 Å². The van der Waals surface area contributed by atoms with Crippen LogP contribution in [0.5, 0.6) is 11.5 Å². The van der Waals surface area contributed by atoms with Gasteiger partial charge in [-0.15, -0.1) is 0 Å². The van der Waals surface area contributed by atoms with Gasteiger partial charge >= 0.3 is 0 Å². The SMILES string of the molecule is CCOc1cc(C2c3c(oc4c(C)cc(C)cc4c3=O)C(=O)N2CCOC)ccc1O. The number of hydrogen-bond donors (Lipinski definition) is 1. The number of nitrogens with zero attached hydrogens (tertiary/aromatic N) is 1. The second kappa shape index (κ2) is 8.07. The number of aromatic hydroxyl groups is 1. The molecular formula is C24H25NO6. The van der Waals surface area contributed by atoms with Crippen molar-refractivity contribution in [3.63, 3.8) is 0 Å². The van der Waals surface area contributed by atoms with Crippen molar-refractivity contribution in [1.29, 1.82) is 0 Å². The van der Waals surface area contributed by atoms with Gasteiger partial charge in [-0.3, -0.25) is 9.59 Å². The van der Waals surface area contributed by atoms with E-state index in [0.29, 0.717) is 41.1 Å². The average molecular weight is 423 g/mol. The Hall–Kier alpha value is -3.32. The van der Waals surface area contributed by atoms with Gasteiger partial charge < -0.3 is 23.9 Å². The summed E-state index contributed by atoms with van der Waals surface area (Å²) in [6.07, 6.45) is 0. The van der Waals surface area contributed by atoms with Gasteiger partial charge in [0, 0.05) is 13.7 Å². The lowest BCUT2D eigenvalue weighted by Crippen LogP contribution is -2.32. The summed E-state index contributed by atoms with van der Waals surface area (Å²) in [5, 5.41) is 10.6. The smallest absolute Gasteiger partial charge is 0.290 e. The summed E-state index contributed by atoms with van der Waals surface area (Å²) in [5.74, 6) is -0.0153. The van der Waals surface area contributed by atoms with E-state index in [1.165, 1.54) is 6.07 Å². The van der Waals surface area contributed by atoms with Gasteiger partial charge in [0.2, 0.25) is 5.76 Å². The van der Waals surface area contributed by atoms with E-state index < -0.39 is 6.04 Å². The molecule has 1 amide bonds. The molecule has 1 aliphatic heterocycles. The Morgan fingerprint density at radius 1 is 1.16 bits per heavy atom. The molecule has 7 heteroatoms. The zero-order valence-electron chi connectivity index (χ0n) is 18.0. The molecule has 0 saturated carbocycles. The molecule has 7 nitrogen and oxygen atoms in total. The largest absolute Gasteiger partial charge is 0.504 e. The Kier molecular flexibility index (Phi) is 5.45. The number of phenols is 1. The van der Waals surface area contributed by atoms with E-state index >= 15 is 0 Å². The van der Waals surface area contributed by atoms with Gasteiger partial charge in [0.25, 0.3) is 5.91 Å². The van der Waals surface area contributed by atoms with Crippen molar-refractivity contribution in [3.05, 3.63) is 68.6 Å². The number of ether oxygens (including phenoxy) is 2. The monoisotopic (exact) mass is 423 g/mol. The van der Waals surface area contributed by atoms with E-state index in [-0.39, 0.29) is 29.4 Å². The molecule has 3 aromatic rings. The second-order valence-corrected chi connectivity index (χ2v) is 7.69. The number of rotatable bonds is 6. The lowest BCUT2D eigenvalue weighted by molar-refractivity contribution is 0.0663. The van der Waals surface area contributed by atoms with Crippen LogP contribution in [0.4, 0.5) is 0 Å². The molecule has 1 aromatic heterocycles. The predicted molar refractivity (Wildman–Crippen MR) is 116 cm³/mol. The molecule has 1 aliphatic rings. The molecule has 1 unspecified atom stereocenters. The van der Waals surface area contributed by atoms with E-state index in [2.05, 4.69) is 0 Å². The summed E-state index contributed by atoms with van der Waals surface area (Å²) in [7, 11) is 1.56. The molecule has 1 N–H and O–H groups in total. The van der Waals surface area contributed by atoms with E-state index in [4.69, 9.17) is 13.9 Å². The molecule has 0 aliphatic carbocycles. The molecule has 31 heavy (non-hydrogen) atoms. The first kappa shape index (κ1) is 20.9. The van der Waals surface area contributed by atoms with Crippen molar-refractivity contribution in [2.24, 2.45) is 0 Å². The van der Waals surface area contributed by atoms with Crippen molar-refractivity contribution in [2.45, 2.75) is 26.8 Å². The van der Waals surface area contributed by atoms with Crippen molar-refractivity contribution in [3.8, 4) is 11.5 Å². The van der Waals surface area contributed by atoms with Gasteiger partial charge in [-0.25, -0.2) is 0 Å². The van der Waals surface area contributed by atoms with Crippen LogP contribution in [0.1, 0.15) is 45.8 Å². The second-order valence-electron chi connectivity index (χ2n) is 7.69. The third kappa shape index (κ3) is 3.45. The first-order chi connectivity index (χ1) is 14.9. The minimum Gasteiger partial charge on any atom is -0.504 e. The molecule has 2 aromatic carbocycles. The maximum absolute atomic E-state index is 13.6. The highest BCUT2D eigenvalue weighted by atomic mass is 16.5. The Labute approximate surface area is 179 Å². The third-order valence-corrected chi connectivity index (χ3v) is 5.53. The van der Waals surface area contributed by atoms with Gasteiger partial charge in [-0.2, -0.15) is 0 Å². The first-order valence-electron chi connectivity index (χ1n) is 10.2. The third-order valence-electron chi connectivity index (χ3n) is 5.53. The van der Waals surface area contributed by atoms with Crippen LogP contribution in [-0.4, -0.2) is 42.8 Å². The maximum Gasteiger partial charge on any atom is 0.290 e. The summed E-state index contributed by atoms with van der Waals surface area (Å²) >= 11 is 0. The highest BCUT2D eigenvalue weighted by molar-refractivity contribution is 5.99. The maximum atomic E-state index is 13.6. The zero-order valence-corrected chi connectivity index (χ0v) is 18.0. The topological polar surface area (TPSA) is 89.2 Å². The molecule has 162 valence electrons. The summed E-state index contributed by atoms with van der Waals surface area (Å²) in [6.45, 7) is 6.55. The molecule has 0 bridgehead atoms. The van der Waals surface area contributed by atoms with E-state index in [0.717, 1.165) is 11.1 Å². The van der Waals surface area contributed by atoms with Crippen LogP contribution in [0, 0.1) is 13.8 Å². The average Bonchev–Trinajstić information content (AvgIpc) is 3.01. The fourth-order valence-electron chi connectivity index (χ4n) is 4.21. The highest BCUT2D eigenvalue weighted by Gasteiger charge is 2.42. The fraction of sp³-hybridized carbons (Fsp3) is 0.333. The number of aryl methyl sites for hydroxylation is 2. The number of carbonyl (C=O) groups is 1. The van der Waals surface area contributed by atoms with Crippen LogP contribution in [0.3, 0.4) is 0 Å². The van der Waals surface area contributed by atoms with Crippen molar-refractivity contribution >= 4 is 16.9 Å². The summed E-state index contributed by atoms with van der Waals surface area (Å²) in [5.41, 5.74) is 2.89. The molecule has 1 atom stereocenters. The lowest BCUT2D eigenvalue weighted by atomic mass is 9.97. The molecule has 0 radical (unpaired) electrons. The van der Waals surface area contributed by atoms with E-state index in [1.54, 1.807) is 30.2 Å². The minimum atomic E-state index is -0.668. The quantitative estimate of drug-likeness (QED) is 0.650. The zero-order chi connectivity index (χ0) is 22.3. The summed E-state index contributed by atoms with van der Waals surface area (Å²) < 4.78 is 16.7. The molecule has 0 fully saturated rings. The standard InChI is InChI=1S/C24H25NO6/c1-5-30-18-12-15(6-7-17(18)26)20-19-21(27)16-11-13(2)10-14(3)22(16)31-23(19)24(28)25(20)8-9-29-4/h6-7,10-12,20,26H,5,8-9H2,1-4H3. The van der Waals surface area contributed by atoms with Gasteiger partial charge in [0.15, 0.2) is 16.9 Å². The number of methoxy groups -OCH3 is 1. The Balaban J connectivity index is 1.98. The van der Waals surface area contributed by atoms with Crippen molar-refractivity contribution in [1.82, 2.24) is 4.90 Å². The van der Waals surface area contributed by atoms with Crippen molar-refractivity contribution in [2.75, 3.05) is 26.9 Å². The van der Waals surface area contributed by atoms with Crippen LogP contribution in [0.2, 0.25) is 0 Å². The van der Waals surface area contributed by atoms with Gasteiger partial charge in [-0.05, 0) is 55.7 Å². The van der Waals surface area contributed by atoms with Gasteiger partial charge in [-0.1, -0.05) is 12.1 Å². The lowest BCUT2D eigenvalue weighted by Gasteiger charge is -2.25.